The minimum absolute atomic E-state index is 0.669. The Morgan fingerprint density at radius 2 is 1.39 bits per heavy atom. The van der Waals surface area contributed by atoms with Crippen molar-refractivity contribution in [2.24, 2.45) is 0 Å². The Morgan fingerprint density at radius 1 is 0.783 bits per heavy atom. The third-order valence-electron chi connectivity index (χ3n) is 4.07. The molecule has 0 aromatic heterocycles. The number of hydrogen-bond donors (Lipinski definition) is 8. The quantitative estimate of drug-likeness (QED) is 0.238. The van der Waals surface area contributed by atoms with E-state index in [1.54, 1.807) is 0 Å². The van der Waals surface area contributed by atoms with Crippen LogP contribution >= 0.6 is 0 Å². The number of aliphatic hydroxyl groups is 8. The first-order valence-electron chi connectivity index (χ1n) is 7.05. The number of rotatable bonds is 5. The molecule has 2 aliphatic heterocycles. The first-order valence-corrected chi connectivity index (χ1v) is 7.05. The first kappa shape index (κ1) is 18.9. The van der Waals surface area contributed by atoms with Gasteiger partial charge in [-0.15, -0.1) is 0 Å². The molecule has 2 aliphatic rings. The lowest BCUT2D eigenvalue weighted by Gasteiger charge is -2.43. The van der Waals surface area contributed by atoms with E-state index in [-0.39, 0.29) is 0 Å². The van der Waals surface area contributed by atoms with Crippen LogP contribution in [0.4, 0.5) is 0 Å². The van der Waals surface area contributed by atoms with Crippen molar-refractivity contribution in [1.82, 2.24) is 0 Å². The van der Waals surface area contributed by atoms with Gasteiger partial charge in [0.15, 0.2) is 6.29 Å². The van der Waals surface area contributed by atoms with Crippen molar-refractivity contribution in [3.8, 4) is 0 Å². The van der Waals surface area contributed by atoms with Crippen molar-refractivity contribution in [2.75, 3.05) is 19.8 Å². The maximum atomic E-state index is 10.00. The van der Waals surface area contributed by atoms with Crippen LogP contribution in [0.3, 0.4) is 0 Å². The van der Waals surface area contributed by atoms with Gasteiger partial charge in [-0.3, -0.25) is 0 Å². The highest BCUT2D eigenvalue weighted by molar-refractivity contribution is 4.98. The Bertz CT molecular complexity index is 393. The second-order valence-electron chi connectivity index (χ2n) is 5.56. The topological polar surface area (TPSA) is 190 Å². The lowest BCUT2D eigenvalue weighted by Crippen LogP contribution is -2.62. The van der Waals surface area contributed by atoms with Crippen molar-refractivity contribution in [1.29, 1.82) is 0 Å². The molecule has 2 heterocycles. The molecule has 136 valence electrons. The molecule has 8 N–H and O–H groups in total. The molecule has 0 unspecified atom stereocenters. The molecule has 9 atom stereocenters. The average molecular weight is 342 g/mol. The maximum absolute atomic E-state index is 10.00. The van der Waals surface area contributed by atoms with Gasteiger partial charge in [-0.1, -0.05) is 0 Å². The number of aliphatic hydroxyl groups excluding tert-OH is 8. The van der Waals surface area contributed by atoms with E-state index in [2.05, 4.69) is 0 Å². The highest BCUT2D eigenvalue weighted by Crippen LogP contribution is 2.35. The van der Waals surface area contributed by atoms with Gasteiger partial charge in [0.05, 0.1) is 13.2 Å². The van der Waals surface area contributed by atoms with Gasteiger partial charge in [0.1, 0.15) is 49.3 Å². The molecule has 11 heteroatoms. The van der Waals surface area contributed by atoms with Crippen LogP contribution in [0.5, 0.6) is 0 Å². The average Bonchev–Trinajstić information content (AvgIpc) is 2.80. The molecule has 23 heavy (non-hydrogen) atoms. The number of hydrogen-bond acceptors (Lipinski definition) is 11. The van der Waals surface area contributed by atoms with Gasteiger partial charge in [0.2, 0.25) is 5.79 Å². The zero-order valence-electron chi connectivity index (χ0n) is 12.0. The third kappa shape index (κ3) is 3.23. The molecule has 0 aliphatic carbocycles. The fourth-order valence-corrected chi connectivity index (χ4v) is 2.63. The fraction of sp³-hybridized carbons (Fsp3) is 1.00. The summed E-state index contributed by atoms with van der Waals surface area (Å²) in [6, 6.07) is 0. The van der Waals surface area contributed by atoms with Crippen molar-refractivity contribution >= 4 is 0 Å². The summed E-state index contributed by atoms with van der Waals surface area (Å²) in [5.41, 5.74) is 0. The SMILES string of the molecule is OC[C@H]1O[C@@](CO)(O[C@H]2O[C@H](CO)[C@@H](O)[C@H](O)[C@@H]2O)[C@@H](O)[C@@H]1O. The predicted molar refractivity (Wildman–Crippen MR) is 68.6 cm³/mol. The smallest absolute Gasteiger partial charge is 0.224 e. The third-order valence-corrected chi connectivity index (χ3v) is 4.07. The van der Waals surface area contributed by atoms with Crippen molar-refractivity contribution in [3.63, 3.8) is 0 Å². The van der Waals surface area contributed by atoms with Crippen LogP contribution in [-0.2, 0) is 14.2 Å². The molecule has 0 aromatic rings. The lowest BCUT2D eigenvalue weighted by atomic mass is 9.99. The maximum Gasteiger partial charge on any atom is 0.224 e. The zero-order valence-corrected chi connectivity index (χ0v) is 12.0. The Hall–Kier alpha value is -0.440. The van der Waals surface area contributed by atoms with E-state index in [0.717, 1.165) is 0 Å². The van der Waals surface area contributed by atoms with Gasteiger partial charge >= 0.3 is 0 Å². The van der Waals surface area contributed by atoms with Gasteiger partial charge in [0.25, 0.3) is 0 Å². The molecular formula is C12H22O11. The molecule has 2 saturated heterocycles. The van der Waals surface area contributed by atoms with Crippen molar-refractivity contribution in [2.45, 2.75) is 54.8 Å². The first-order chi connectivity index (χ1) is 10.8. The molecule has 0 amide bonds. The van der Waals surface area contributed by atoms with E-state index in [1.165, 1.54) is 0 Å². The zero-order chi connectivity index (χ0) is 17.4. The summed E-state index contributed by atoms with van der Waals surface area (Å²) in [5.74, 6) is -2.22. The summed E-state index contributed by atoms with van der Waals surface area (Å²) in [5, 5.41) is 76.7. The Labute approximate surface area is 130 Å². The lowest BCUT2D eigenvalue weighted by molar-refractivity contribution is -0.383. The molecule has 0 aromatic carbocycles. The molecule has 2 rings (SSSR count). The summed E-state index contributed by atoms with van der Waals surface area (Å²) >= 11 is 0. The highest BCUT2D eigenvalue weighted by atomic mass is 16.8. The van der Waals surface area contributed by atoms with Crippen LogP contribution < -0.4 is 0 Å². The van der Waals surface area contributed by atoms with Gasteiger partial charge in [-0.2, -0.15) is 0 Å². The van der Waals surface area contributed by atoms with Crippen molar-refractivity contribution < 1.29 is 55.1 Å². The minimum atomic E-state index is -2.22. The molecule has 0 spiro atoms. The van der Waals surface area contributed by atoms with Gasteiger partial charge in [-0.05, 0) is 0 Å². The van der Waals surface area contributed by atoms with Gasteiger partial charge in [0, 0.05) is 0 Å². The molecular weight excluding hydrogens is 320 g/mol. The molecule has 11 nitrogen and oxygen atoms in total. The Kier molecular flexibility index (Phi) is 5.92. The minimum Gasteiger partial charge on any atom is -0.394 e. The second-order valence-corrected chi connectivity index (χ2v) is 5.56. The normalized spacial score (nSPS) is 51.1. The molecule has 2 fully saturated rings. The summed E-state index contributed by atoms with van der Waals surface area (Å²) < 4.78 is 15.4. The van der Waals surface area contributed by atoms with E-state index in [4.69, 9.17) is 24.4 Å². The Morgan fingerprint density at radius 3 is 1.87 bits per heavy atom. The Balaban J connectivity index is 2.18. The van der Waals surface area contributed by atoms with E-state index in [0.29, 0.717) is 0 Å². The van der Waals surface area contributed by atoms with Gasteiger partial charge in [-0.25, -0.2) is 0 Å². The van der Waals surface area contributed by atoms with Crippen LogP contribution in [0, 0.1) is 0 Å². The van der Waals surface area contributed by atoms with E-state index in [1.807, 2.05) is 0 Å². The standard InChI is InChI=1S/C12H22O11/c13-1-4-6(16)8(18)9(19)11(21-4)23-12(3-15)10(20)7(17)5(2-14)22-12/h4-11,13-20H,1-3H2/t4-,5-,6-,7-,8+,9+,10+,11-,12+/m1/s1. The highest BCUT2D eigenvalue weighted by Gasteiger charge is 2.58. The van der Waals surface area contributed by atoms with Crippen LogP contribution in [0.1, 0.15) is 0 Å². The van der Waals surface area contributed by atoms with E-state index < -0.39 is 74.6 Å². The van der Waals surface area contributed by atoms with Crippen LogP contribution in [0.15, 0.2) is 0 Å². The largest absolute Gasteiger partial charge is 0.394 e. The van der Waals surface area contributed by atoms with E-state index in [9.17, 15) is 30.6 Å². The molecule has 0 radical (unpaired) electrons. The summed E-state index contributed by atoms with van der Waals surface area (Å²) in [7, 11) is 0. The monoisotopic (exact) mass is 342 g/mol. The van der Waals surface area contributed by atoms with Crippen LogP contribution in [0.25, 0.3) is 0 Å². The summed E-state index contributed by atoms with van der Waals surface area (Å²) in [4.78, 5) is 0. The summed E-state index contributed by atoms with van der Waals surface area (Å²) in [6.45, 7) is -2.32. The second kappa shape index (κ2) is 7.21. The molecule has 0 bridgehead atoms. The van der Waals surface area contributed by atoms with Gasteiger partial charge < -0.3 is 55.1 Å². The predicted octanol–water partition coefficient (Wildman–Crippen LogP) is -5.40. The van der Waals surface area contributed by atoms with Crippen molar-refractivity contribution in [3.05, 3.63) is 0 Å². The van der Waals surface area contributed by atoms with E-state index >= 15 is 0 Å². The summed E-state index contributed by atoms with van der Waals surface area (Å²) in [6.07, 6.45) is -12.7. The molecule has 0 saturated carbocycles. The van der Waals surface area contributed by atoms with Crippen LogP contribution in [0.2, 0.25) is 0 Å². The fourth-order valence-electron chi connectivity index (χ4n) is 2.63. The van der Waals surface area contributed by atoms with Crippen LogP contribution in [-0.4, -0.2) is 115 Å². The number of ether oxygens (including phenoxy) is 3.